The number of thiazole rings is 1. The van der Waals surface area contributed by atoms with Gasteiger partial charge in [-0.15, -0.1) is 0 Å². The van der Waals surface area contributed by atoms with Gasteiger partial charge in [0.1, 0.15) is 0 Å². The van der Waals surface area contributed by atoms with Crippen LogP contribution in [0, 0.1) is 0 Å². The zero-order valence-electron chi connectivity index (χ0n) is 14.9. The third-order valence-corrected chi connectivity index (χ3v) is 5.29. The molecule has 0 bridgehead atoms. The molecule has 0 aliphatic heterocycles. The second-order valence-corrected chi connectivity index (χ2v) is 7.57. The molecule has 0 aliphatic carbocycles. The summed E-state index contributed by atoms with van der Waals surface area (Å²) in [7, 11) is 0. The zero-order chi connectivity index (χ0) is 19.0. The fourth-order valence-electron chi connectivity index (χ4n) is 2.81. The van der Waals surface area contributed by atoms with Crippen molar-refractivity contribution in [2.75, 3.05) is 0 Å². The molecule has 27 heavy (non-hydrogen) atoms. The van der Waals surface area contributed by atoms with Crippen molar-refractivity contribution < 1.29 is 0 Å². The van der Waals surface area contributed by atoms with Crippen molar-refractivity contribution in [3.05, 3.63) is 91.0 Å². The summed E-state index contributed by atoms with van der Waals surface area (Å²) in [5.74, 6) is 0.453. The summed E-state index contributed by atoms with van der Waals surface area (Å²) >= 11 is 1.17. The first-order valence-corrected chi connectivity index (χ1v) is 9.45. The van der Waals surface area contributed by atoms with Gasteiger partial charge in [0.2, 0.25) is 4.96 Å². The van der Waals surface area contributed by atoms with Crippen LogP contribution in [-0.4, -0.2) is 14.6 Å². The van der Waals surface area contributed by atoms with E-state index in [0.29, 0.717) is 21.0 Å². The monoisotopic (exact) mass is 375 g/mol. The van der Waals surface area contributed by atoms with Crippen molar-refractivity contribution >= 4 is 22.4 Å². The van der Waals surface area contributed by atoms with Crippen molar-refractivity contribution in [1.82, 2.24) is 14.6 Å². The summed E-state index contributed by atoms with van der Waals surface area (Å²) in [6, 6.07) is 17.1. The first-order valence-electron chi connectivity index (χ1n) is 8.64. The Morgan fingerprint density at radius 2 is 1.70 bits per heavy atom. The summed E-state index contributed by atoms with van der Waals surface area (Å²) in [4.78, 5) is 29.4. The number of hydrogen-bond donors (Lipinski definition) is 0. The van der Waals surface area contributed by atoms with E-state index in [1.54, 1.807) is 18.2 Å². The van der Waals surface area contributed by atoms with E-state index >= 15 is 0 Å². The molecule has 2 aromatic heterocycles. The molecular formula is C21H17N3O2S. The molecule has 4 aromatic rings. The van der Waals surface area contributed by atoms with Gasteiger partial charge in [0, 0.05) is 5.56 Å². The van der Waals surface area contributed by atoms with Crippen LogP contribution in [0.1, 0.15) is 30.9 Å². The summed E-state index contributed by atoms with van der Waals surface area (Å²) in [6.45, 7) is 4.28. The largest absolute Gasteiger partial charge is 0.300 e. The molecule has 2 heterocycles. The van der Waals surface area contributed by atoms with Crippen LogP contribution in [-0.2, 0) is 0 Å². The maximum atomic E-state index is 12.7. The Balaban J connectivity index is 1.85. The quantitative estimate of drug-likeness (QED) is 0.552. The van der Waals surface area contributed by atoms with Crippen LogP contribution in [0.2, 0.25) is 0 Å². The minimum Gasteiger partial charge on any atom is -0.266 e. The molecule has 4 rings (SSSR count). The van der Waals surface area contributed by atoms with Gasteiger partial charge in [-0.25, -0.2) is 0 Å². The SMILES string of the molecule is CC(C)c1ccc(C=c2sc3nc(=O)c(-c4ccccc4)nn3c2=O)cc1. The standard InChI is InChI=1S/C21H17N3O2S/c1-13(2)15-10-8-14(9-11-15)12-17-20(26)24-21(27-17)22-19(25)18(23-24)16-6-4-3-5-7-16/h3-13H,1-2H3. The number of hydrogen-bond acceptors (Lipinski definition) is 5. The van der Waals surface area contributed by atoms with Gasteiger partial charge in [0.15, 0.2) is 5.69 Å². The number of nitrogens with zero attached hydrogens (tertiary/aromatic N) is 3. The molecule has 0 N–H and O–H groups in total. The summed E-state index contributed by atoms with van der Waals surface area (Å²) in [5.41, 5.74) is 2.28. The van der Waals surface area contributed by atoms with Crippen molar-refractivity contribution in [3.63, 3.8) is 0 Å². The van der Waals surface area contributed by atoms with Crippen molar-refractivity contribution in [3.8, 4) is 11.3 Å². The van der Waals surface area contributed by atoms with Gasteiger partial charge in [0.25, 0.3) is 5.56 Å². The Kier molecular flexibility index (Phi) is 4.41. The minimum absolute atomic E-state index is 0.177. The molecule has 0 saturated carbocycles. The molecule has 0 atom stereocenters. The molecule has 0 aliphatic rings. The average molecular weight is 375 g/mol. The molecule has 0 amide bonds. The van der Waals surface area contributed by atoms with Gasteiger partial charge in [-0.1, -0.05) is 79.8 Å². The van der Waals surface area contributed by atoms with Crippen LogP contribution in [0.15, 0.2) is 64.2 Å². The van der Waals surface area contributed by atoms with E-state index in [-0.39, 0.29) is 11.3 Å². The molecule has 5 nitrogen and oxygen atoms in total. The normalized spacial score (nSPS) is 12.2. The predicted molar refractivity (Wildman–Crippen MR) is 108 cm³/mol. The van der Waals surface area contributed by atoms with Crippen LogP contribution in [0.5, 0.6) is 0 Å². The number of aromatic nitrogens is 3. The fraction of sp³-hybridized carbons (Fsp3) is 0.143. The van der Waals surface area contributed by atoms with Crippen LogP contribution < -0.4 is 15.7 Å². The van der Waals surface area contributed by atoms with Crippen LogP contribution in [0.3, 0.4) is 0 Å². The van der Waals surface area contributed by atoms with Gasteiger partial charge in [0.05, 0.1) is 4.53 Å². The first kappa shape index (κ1) is 17.3. The highest BCUT2D eigenvalue weighted by molar-refractivity contribution is 7.15. The van der Waals surface area contributed by atoms with E-state index in [0.717, 1.165) is 5.56 Å². The fourth-order valence-corrected chi connectivity index (χ4v) is 3.72. The van der Waals surface area contributed by atoms with Crippen LogP contribution in [0.4, 0.5) is 0 Å². The lowest BCUT2D eigenvalue weighted by Crippen LogP contribution is -2.26. The molecule has 6 heteroatoms. The molecule has 2 aromatic carbocycles. The lowest BCUT2D eigenvalue weighted by molar-refractivity contribution is 0.866. The van der Waals surface area contributed by atoms with E-state index in [1.807, 2.05) is 30.3 Å². The highest BCUT2D eigenvalue weighted by Gasteiger charge is 2.12. The molecule has 134 valence electrons. The molecule has 0 unspecified atom stereocenters. The number of benzene rings is 2. The maximum Gasteiger partial charge on any atom is 0.300 e. The first-order chi connectivity index (χ1) is 13.0. The van der Waals surface area contributed by atoms with E-state index < -0.39 is 5.56 Å². The van der Waals surface area contributed by atoms with E-state index in [9.17, 15) is 9.59 Å². The Bertz CT molecular complexity index is 1270. The summed E-state index contributed by atoms with van der Waals surface area (Å²) in [6.07, 6.45) is 1.81. The highest BCUT2D eigenvalue weighted by atomic mass is 32.1. The van der Waals surface area contributed by atoms with Gasteiger partial charge in [-0.2, -0.15) is 14.6 Å². The van der Waals surface area contributed by atoms with Gasteiger partial charge in [-0.3, -0.25) is 9.59 Å². The predicted octanol–water partition coefficient (Wildman–Crippen LogP) is 2.85. The lowest BCUT2D eigenvalue weighted by Gasteiger charge is -2.04. The van der Waals surface area contributed by atoms with Crippen molar-refractivity contribution in [1.29, 1.82) is 0 Å². The van der Waals surface area contributed by atoms with E-state index in [2.05, 4.69) is 36.1 Å². The third-order valence-electron chi connectivity index (χ3n) is 4.33. The van der Waals surface area contributed by atoms with Crippen molar-refractivity contribution in [2.24, 2.45) is 0 Å². The smallest absolute Gasteiger partial charge is 0.266 e. The highest BCUT2D eigenvalue weighted by Crippen LogP contribution is 2.15. The van der Waals surface area contributed by atoms with Gasteiger partial charge < -0.3 is 0 Å². The minimum atomic E-state index is -0.435. The lowest BCUT2D eigenvalue weighted by atomic mass is 10.0. The van der Waals surface area contributed by atoms with Crippen LogP contribution in [0.25, 0.3) is 22.3 Å². The zero-order valence-corrected chi connectivity index (χ0v) is 15.7. The molecule has 0 saturated heterocycles. The Morgan fingerprint density at radius 3 is 2.37 bits per heavy atom. The number of fused-ring (bicyclic) bond motifs is 1. The molecule has 0 spiro atoms. The second-order valence-electron chi connectivity index (χ2n) is 6.56. The Morgan fingerprint density at radius 1 is 1.00 bits per heavy atom. The van der Waals surface area contributed by atoms with Crippen LogP contribution >= 0.6 is 11.3 Å². The van der Waals surface area contributed by atoms with Crippen molar-refractivity contribution in [2.45, 2.75) is 19.8 Å². The molecular weight excluding hydrogens is 358 g/mol. The summed E-state index contributed by atoms with van der Waals surface area (Å²) < 4.78 is 1.71. The second kappa shape index (κ2) is 6.89. The summed E-state index contributed by atoms with van der Waals surface area (Å²) in [5, 5.41) is 4.26. The van der Waals surface area contributed by atoms with Gasteiger partial charge in [-0.05, 0) is 23.1 Å². The Hall–Kier alpha value is -3.12. The molecule has 0 radical (unpaired) electrons. The molecule has 0 fully saturated rings. The van der Waals surface area contributed by atoms with E-state index in [4.69, 9.17) is 0 Å². The topological polar surface area (TPSA) is 64.3 Å². The number of rotatable bonds is 3. The Labute approximate surface area is 159 Å². The third kappa shape index (κ3) is 3.31. The van der Waals surface area contributed by atoms with E-state index in [1.165, 1.54) is 21.4 Å². The maximum absolute atomic E-state index is 12.7. The van der Waals surface area contributed by atoms with Gasteiger partial charge >= 0.3 is 5.56 Å². The average Bonchev–Trinajstić information content (AvgIpc) is 2.97.